The van der Waals surface area contributed by atoms with E-state index in [0.717, 1.165) is 11.1 Å². The third-order valence-electron chi connectivity index (χ3n) is 5.03. The van der Waals surface area contributed by atoms with Crippen LogP contribution < -0.4 is 4.90 Å². The van der Waals surface area contributed by atoms with Crippen molar-refractivity contribution in [3.8, 4) is 0 Å². The lowest BCUT2D eigenvalue weighted by Crippen LogP contribution is -2.31. The summed E-state index contributed by atoms with van der Waals surface area (Å²) in [4.78, 5) is 34.2. The Morgan fingerprint density at radius 2 is 2.10 bits per heavy atom. The van der Waals surface area contributed by atoms with Gasteiger partial charge in [0.25, 0.3) is 0 Å². The van der Waals surface area contributed by atoms with Crippen molar-refractivity contribution in [3.05, 3.63) is 63.4 Å². The Morgan fingerprint density at radius 1 is 1.27 bits per heavy atom. The predicted molar refractivity (Wildman–Crippen MR) is 117 cm³/mol. The molecule has 9 heteroatoms. The zero-order chi connectivity index (χ0) is 21.3. The third-order valence-corrected chi connectivity index (χ3v) is 6.48. The highest BCUT2D eigenvalue weighted by molar-refractivity contribution is 7.17. The number of aryl methyl sites for hydroxylation is 3. The summed E-state index contributed by atoms with van der Waals surface area (Å²) in [5.41, 5.74) is 2.69. The summed E-state index contributed by atoms with van der Waals surface area (Å²) in [6, 6.07) is 7.41. The molecule has 2 amide bonds. The topological polar surface area (TPSA) is 71.3 Å². The zero-order valence-electron chi connectivity index (χ0n) is 16.8. The lowest BCUT2D eigenvalue weighted by Gasteiger charge is -2.17. The van der Waals surface area contributed by atoms with E-state index in [1.165, 1.54) is 11.3 Å². The van der Waals surface area contributed by atoms with E-state index in [0.29, 0.717) is 53.2 Å². The number of thiazole rings is 1. The van der Waals surface area contributed by atoms with Crippen molar-refractivity contribution in [2.24, 2.45) is 7.05 Å². The number of ketones is 1. The molecule has 7 nitrogen and oxygen atoms in total. The van der Waals surface area contributed by atoms with E-state index in [4.69, 9.17) is 11.6 Å². The minimum absolute atomic E-state index is 0.0440. The van der Waals surface area contributed by atoms with Gasteiger partial charge in [-0.3, -0.25) is 14.4 Å². The molecule has 0 aliphatic carbocycles. The highest BCUT2D eigenvalue weighted by atomic mass is 35.5. The van der Waals surface area contributed by atoms with Crippen molar-refractivity contribution in [3.63, 3.8) is 0 Å². The molecular weight excluding hydrogens is 422 g/mol. The number of benzene rings is 1. The maximum Gasteiger partial charge on any atom is 0.326 e. The molecule has 0 radical (unpaired) electrons. The molecule has 0 atom stereocenters. The number of Topliss-reactive ketones (excluding diaryl/α,β-unsaturated/α-hetero) is 1. The SMILES string of the molecule is Cc1nc(N2CCN(Cc3cccc(Cl)c3)C2=O)sc1C(=O)CCc1cnn(C)c1. The standard InChI is InChI=1S/C21H22ClN5O2S/c1-14-19(18(28)7-6-16-11-23-25(2)12-16)30-20(24-14)27-9-8-26(21(27)29)13-15-4-3-5-17(22)10-15/h3-5,10-12H,6-9,13H2,1-2H3. The van der Waals surface area contributed by atoms with Gasteiger partial charge in [-0.1, -0.05) is 35.1 Å². The van der Waals surface area contributed by atoms with E-state index >= 15 is 0 Å². The molecule has 2 aromatic heterocycles. The Morgan fingerprint density at radius 3 is 2.83 bits per heavy atom. The molecule has 3 aromatic rings. The normalized spacial score (nSPS) is 14.0. The van der Waals surface area contributed by atoms with Crippen LogP contribution in [0.3, 0.4) is 0 Å². The number of hydrogen-bond acceptors (Lipinski definition) is 5. The van der Waals surface area contributed by atoms with Crippen LogP contribution in [0.5, 0.6) is 0 Å². The molecule has 0 spiro atoms. The molecule has 0 saturated carbocycles. The highest BCUT2D eigenvalue weighted by Crippen LogP contribution is 2.30. The van der Waals surface area contributed by atoms with Crippen LogP contribution >= 0.6 is 22.9 Å². The van der Waals surface area contributed by atoms with Crippen LogP contribution in [-0.2, 0) is 20.0 Å². The number of anilines is 1. The summed E-state index contributed by atoms with van der Waals surface area (Å²) in [5.74, 6) is 0.0440. The van der Waals surface area contributed by atoms with Crippen molar-refractivity contribution < 1.29 is 9.59 Å². The van der Waals surface area contributed by atoms with Crippen LogP contribution in [-0.4, -0.2) is 44.6 Å². The number of hydrogen-bond donors (Lipinski definition) is 0. The molecule has 1 aromatic carbocycles. The van der Waals surface area contributed by atoms with Gasteiger partial charge in [-0.2, -0.15) is 5.10 Å². The molecule has 30 heavy (non-hydrogen) atoms. The Bertz CT molecular complexity index is 1090. The number of rotatable bonds is 7. The number of amides is 2. The number of carbonyl (C=O) groups excluding carboxylic acids is 2. The predicted octanol–water partition coefficient (Wildman–Crippen LogP) is 4.10. The maximum absolute atomic E-state index is 12.9. The fraction of sp³-hybridized carbons (Fsp3) is 0.333. The summed E-state index contributed by atoms with van der Waals surface area (Å²) in [6.07, 6.45) is 4.71. The average molecular weight is 444 g/mol. The van der Waals surface area contributed by atoms with Crippen LogP contribution in [0.2, 0.25) is 5.02 Å². The zero-order valence-corrected chi connectivity index (χ0v) is 18.4. The largest absolute Gasteiger partial charge is 0.326 e. The molecule has 0 bridgehead atoms. The maximum atomic E-state index is 12.9. The van der Waals surface area contributed by atoms with Crippen LogP contribution in [0.15, 0.2) is 36.7 Å². The summed E-state index contributed by atoms with van der Waals surface area (Å²) in [7, 11) is 1.85. The van der Waals surface area contributed by atoms with Crippen molar-refractivity contribution >= 4 is 39.9 Å². The molecule has 3 heterocycles. The highest BCUT2D eigenvalue weighted by Gasteiger charge is 2.32. The Kier molecular flexibility index (Phi) is 5.87. The summed E-state index contributed by atoms with van der Waals surface area (Å²) in [5, 5.41) is 5.36. The molecule has 1 fully saturated rings. The molecule has 0 unspecified atom stereocenters. The summed E-state index contributed by atoms with van der Waals surface area (Å²) < 4.78 is 1.73. The number of urea groups is 1. The van der Waals surface area contributed by atoms with Gasteiger partial charge in [-0.05, 0) is 36.6 Å². The van der Waals surface area contributed by atoms with Crippen LogP contribution in [0, 0.1) is 6.92 Å². The second-order valence-corrected chi connectivity index (χ2v) is 8.76. The van der Waals surface area contributed by atoms with Crippen molar-refractivity contribution in [1.82, 2.24) is 19.7 Å². The lowest BCUT2D eigenvalue weighted by molar-refractivity contribution is 0.0986. The fourth-order valence-electron chi connectivity index (χ4n) is 3.49. The van der Waals surface area contributed by atoms with E-state index < -0.39 is 0 Å². The van der Waals surface area contributed by atoms with Gasteiger partial charge in [0.15, 0.2) is 10.9 Å². The molecule has 0 N–H and O–H groups in total. The van der Waals surface area contributed by atoms with E-state index in [2.05, 4.69) is 10.1 Å². The minimum atomic E-state index is -0.0990. The van der Waals surface area contributed by atoms with Crippen LogP contribution in [0.25, 0.3) is 0 Å². The smallest absolute Gasteiger partial charge is 0.318 e. The van der Waals surface area contributed by atoms with E-state index in [1.54, 1.807) is 20.7 Å². The minimum Gasteiger partial charge on any atom is -0.318 e. The fourth-order valence-corrected chi connectivity index (χ4v) is 4.76. The summed E-state index contributed by atoms with van der Waals surface area (Å²) >= 11 is 7.34. The summed E-state index contributed by atoms with van der Waals surface area (Å²) in [6.45, 7) is 3.47. The molecule has 1 saturated heterocycles. The van der Waals surface area contributed by atoms with E-state index in [9.17, 15) is 9.59 Å². The van der Waals surface area contributed by atoms with Gasteiger partial charge in [0.1, 0.15) is 0 Å². The number of carbonyl (C=O) groups is 2. The van der Waals surface area contributed by atoms with Gasteiger partial charge in [-0.25, -0.2) is 9.78 Å². The average Bonchev–Trinajstić information content (AvgIpc) is 3.40. The van der Waals surface area contributed by atoms with Crippen LogP contribution in [0.1, 0.15) is 32.9 Å². The number of aromatic nitrogens is 3. The second kappa shape index (κ2) is 8.57. The van der Waals surface area contributed by atoms with Crippen molar-refractivity contribution in [2.75, 3.05) is 18.0 Å². The first-order valence-corrected chi connectivity index (χ1v) is 10.9. The van der Waals surface area contributed by atoms with Crippen LogP contribution in [0.4, 0.5) is 9.93 Å². The Labute approximate surface area is 183 Å². The first kappa shape index (κ1) is 20.6. The van der Waals surface area contributed by atoms with Gasteiger partial charge < -0.3 is 4.90 Å². The second-order valence-electron chi connectivity index (χ2n) is 7.34. The lowest BCUT2D eigenvalue weighted by atomic mass is 10.1. The first-order valence-electron chi connectivity index (χ1n) is 9.70. The van der Waals surface area contributed by atoms with Gasteiger partial charge in [-0.15, -0.1) is 0 Å². The van der Waals surface area contributed by atoms with Crippen molar-refractivity contribution in [2.45, 2.75) is 26.3 Å². The van der Waals surface area contributed by atoms with Gasteiger partial charge in [0.2, 0.25) is 0 Å². The molecular formula is C21H22ClN5O2S. The van der Waals surface area contributed by atoms with Gasteiger partial charge in [0, 0.05) is 44.3 Å². The third kappa shape index (κ3) is 4.39. The molecule has 1 aliphatic heterocycles. The van der Waals surface area contributed by atoms with E-state index in [1.807, 2.05) is 44.4 Å². The first-order chi connectivity index (χ1) is 14.4. The van der Waals surface area contributed by atoms with Crippen molar-refractivity contribution in [1.29, 1.82) is 0 Å². The Hall–Kier alpha value is -2.71. The van der Waals surface area contributed by atoms with E-state index in [-0.39, 0.29) is 11.8 Å². The number of nitrogens with zero attached hydrogens (tertiary/aromatic N) is 5. The monoisotopic (exact) mass is 443 g/mol. The quantitative estimate of drug-likeness (QED) is 0.515. The number of halogens is 1. The molecule has 156 valence electrons. The molecule has 1 aliphatic rings. The Balaban J connectivity index is 1.42. The molecule has 4 rings (SSSR count). The van der Waals surface area contributed by atoms with Gasteiger partial charge in [0.05, 0.1) is 16.8 Å². The van der Waals surface area contributed by atoms with Gasteiger partial charge >= 0.3 is 6.03 Å².